The fourth-order valence-electron chi connectivity index (χ4n) is 2.08. The minimum absolute atomic E-state index is 0.147. The predicted octanol–water partition coefficient (Wildman–Crippen LogP) is 3.00. The molecule has 0 fully saturated rings. The Bertz CT molecular complexity index is 348. The normalized spacial score (nSPS) is 19.7. The molecule has 0 unspecified atom stereocenters. The summed E-state index contributed by atoms with van der Waals surface area (Å²) < 4.78 is 0. The van der Waals surface area contributed by atoms with Crippen LogP contribution in [-0.2, 0) is 0 Å². The highest BCUT2D eigenvalue weighted by Crippen LogP contribution is 2.24. The van der Waals surface area contributed by atoms with E-state index < -0.39 is 0 Å². The first-order valence-corrected chi connectivity index (χ1v) is 7.31. The van der Waals surface area contributed by atoms with Crippen LogP contribution in [0.1, 0.15) is 41.5 Å². The van der Waals surface area contributed by atoms with E-state index in [-0.39, 0.29) is 11.1 Å². The maximum Gasteiger partial charge on any atom is 0.141 e. The van der Waals surface area contributed by atoms with Gasteiger partial charge in [-0.05, 0) is 41.5 Å². The lowest BCUT2D eigenvalue weighted by Crippen LogP contribution is -2.38. The number of rotatable bonds is 3. The van der Waals surface area contributed by atoms with Gasteiger partial charge >= 0.3 is 0 Å². The van der Waals surface area contributed by atoms with Gasteiger partial charge in [-0.15, -0.1) is 0 Å². The molecule has 0 aromatic heterocycles. The molecule has 0 aromatic carbocycles. The number of nitrogens with zero attached hydrogens (tertiary/aromatic N) is 4. The van der Waals surface area contributed by atoms with E-state index in [4.69, 9.17) is 0 Å². The monoisotopic (exact) mass is 276 g/mol. The zero-order valence-corrected chi connectivity index (χ0v) is 13.7. The van der Waals surface area contributed by atoms with E-state index >= 15 is 0 Å². The van der Waals surface area contributed by atoms with Crippen LogP contribution in [0.4, 0.5) is 0 Å². The largest absolute Gasteiger partial charge is 0.351 e. The van der Waals surface area contributed by atoms with Crippen LogP contribution in [0.3, 0.4) is 0 Å². The van der Waals surface area contributed by atoms with Gasteiger partial charge in [0.1, 0.15) is 13.3 Å². The minimum Gasteiger partial charge on any atom is -0.351 e. The molecule has 2 rings (SSSR count). The third kappa shape index (κ3) is 3.62. The van der Waals surface area contributed by atoms with Gasteiger partial charge in [0.25, 0.3) is 0 Å². The molecule has 20 heavy (non-hydrogen) atoms. The molecule has 2 heterocycles. The Morgan fingerprint density at radius 2 is 0.950 bits per heavy atom. The zero-order chi connectivity index (χ0) is 15.0. The Kier molecular flexibility index (Phi) is 3.94. The van der Waals surface area contributed by atoms with Crippen molar-refractivity contribution in [1.29, 1.82) is 0 Å². The van der Waals surface area contributed by atoms with Crippen LogP contribution < -0.4 is 0 Å². The van der Waals surface area contributed by atoms with Gasteiger partial charge < -0.3 is 19.6 Å². The van der Waals surface area contributed by atoms with Crippen molar-refractivity contribution in [3.63, 3.8) is 0 Å². The summed E-state index contributed by atoms with van der Waals surface area (Å²) in [5, 5.41) is 0. The van der Waals surface area contributed by atoms with Crippen LogP contribution in [-0.4, -0.2) is 43.8 Å². The molecular weight excluding hydrogens is 248 g/mol. The van der Waals surface area contributed by atoms with E-state index in [0.717, 1.165) is 13.1 Å². The van der Waals surface area contributed by atoms with Gasteiger partial charge in [0.15, 0.2) is 0 Å². The van der Waals surface area contributed by atoms with Gasteiger partial charge in [0.05, 0.1) is 0 Å². The van der Waals surface area contributed by atoms with E-state index in [0.29, 0.717) is 0 Å². The van der Waals surface area contributed by atoms with Crippen LogP contribution in [0.15, 0.2) is 24.8 Å². The highest BCUT2D eigenvalue weighted by Gasteiger charge is 2.26. The second-order valence-electron chi connectivity index (χ2n) is 7.46. The summed E-state index contributed by atoms with van der Waals surface area (Å²) in [6, 6.07) is 0. The highest BCUT2D eigenvalue weighted by molar-refractivity contribution is 5.05. The third-order valence-electron chi connectivity index (χ3n) is 3.55. The molecule has 4 heteroatoms. The molecule has 0 spiro atoms. The Labute approximate surface area is 124 Å². The van der Waals surface area contributed by atoms with Crippen molar-refractivity contribution in [3.8, 4) is 0 Å². The first-order chi connectivity index (χ1) is 9.16. The van der Waals surface area contributed by atoms with Gasteiger partial charge in [0, 0.05) is 49.0 Å². The highest BCUT2D eigenvalue weighted by atomic mass is 15.4. The summed E-state index contributed by atoms with van der Waals surface area (Å²) in [4.78, 5) is 8.98. The molecule has 2 aliphatic heterocycles. The zero-order valence-electron chi connectivity index (χ0n) is 13.7. The fraction of sp³-hybridized carbons (Fsp3) is 0.625. The van der Waals surface area contributed by atoms with Crippen molar-refractivity contribution >= 4 is 0 Å². The molecule has 0 aromatic rings. The molecule has 4 nitrogen and oxygen atoms in total. The molecule has 0 bridgehead atoms. The lowest BCUT2D eigenvalue weighted by Gasteiger charge is -2.34. The van der Waals surface area contributed by atoms with Gasteiger partial charge in [-0.25, -0.2) is 0 Å². The van der Waals surface area contributed by atoms with Crippen LogP contribution in [0, 0.1) is 13.3 Å². The number of hydrogen-bond acceptors (Lipinski definition) is 4. The first kappa shape index (κ1) is 15.1. The molecule has 0 aliphatic carbocycles. The maximum absolute atomic E-state index is 2.25. The maximum atomic E-state index is 2.25. The van der Waals surface area contributed by atoms with Gasteiger partial charge in [-0.2, -0.15) is 0 Å². The summed E-state index contributed by atoms with van der Waals surface area (Å²) in [5.74, 6) is 0. The molecule has 0 saturated heterocycles. The summed E-state index contributed by atoms with van der Waals surface area (Å²) in [6.45, 7) is 19.6. The minimum atomic E-state index is 0.147. The van der Waals surface area contributed by atoms with Crippen molar-refractivity contribution in [3.05, 3.63) is 38.1 Å². The van der Waals surface area contributed by atoms with E-state index in [9.17, 15) is 0 Å². The topological polar surface area (TPSA) is 13.0 Å². The van der Waals surface area contributed by atoms with Crippen molar-refractivity contribution in [2.75, 3.05) is 13.1 Å². The molecule has 0 saturated carbocycles. The second-order valence-corrected chi connectivity index (χ2v) is 7.46. The van der Waals surface area contributed by atoms with E-state index in [2.05, 4.69) is 99.3 Å². The molecule has 2 aliphatic rings. The summed E-state index contributed by atoms with van der Waals surface area (Å²) in [7, 11) is 0. The summed E-state index contributed by atoms with van der Waals surface area (Å²) >= 11 is 0. The SMILES string of the molecule is CC(C)(C)N1[CH]N(CCN2[CH]N(C(C)(C)C)C=C2)C=C1. The Morgan fingerprint density at radius 3 is 1.20 bits per heavy atom. The molecule has 0 amide bonds. The Morgan fingerprint density at radius 1 is 0.600 bits per heavy atom. The van der Waals surface area contributed by atoms with Crippen molar-refractivity contribution in [2.24, 2.45) is 0 Å². The molecule has 112 valence electrons. The average Bonchev–Trinajstić information content (AvgIpc) is 2.94. The lowest BCUT2D eigenvalue weighted by atomic mass is 10.1. The van der Waals surface area contributed by atoms with Gasteiger partial charge in [0.2, 0.25) is 0 Å². The lowest BCUT2D eigenvalue weighted by molar-refractivity contribution is 0.197. The van der Waals surface area contributed by atoms with Crippen LogP contribution in [0.5, 0.6) is 0 Å². The van der Waals surface area contributed by atoms with E-state index in [1.165, 1.54) is 0 Å². The average molecular weight is 276 g/mol. The smallest absolute Gasteiger partial charge is 0.141 e. The van der Waals surface area contributed by atoms with Crippen molar-refractivity contribution < 1.29 is 0 Å². The second kappa shape index (κ2) is 5.23. The molecule has 0 N–H and O–H groups in total. The predicted molar refractivity (Wildman–Crippen MR) is 83.5 cm³/mol. The quantitative estimate of drug-likeness (QED) is 0.785. The van der Waals surface area contributed by atoms with Crippen LogP contribution in [0.25, 0.3) is 0 Å². The van der Waals surface area contributed by atoms with Gasteiger partial charge in [-0.1, -0.05) is 0 Å². The van der Waals surface area contributed by atoms with Crippen molar-refractivity contribution in [2.45, 2.75) is 52.6 Å². The summed E-state index contributed by atoms with van der Waals surface area (Å²) in [5.41, 5.74) is 0.294. The van der Waals surface area contributed by atoms with Crippen LogP contribution >= 0.6 is 0 Å². The summed E-state index contributed by atoms with van der Waals surface area (Å²) in [6.07, 6.45) is 8.58. The third-order valence-corrected chi connectivity index (χ3v) is 3.55. The Balaban J connectivity index is 1.74. The van der Waals surface area contributed by atoms with Crippen molar-refractivity contribution in [1.82, 2.24) is 19.6 Å². The Hall–Kier alpha value is -1.32. The van der Waals surface area contributed by atoms with Crippen LogP contribution in [0.2, 0.25) is 0 Å². The molecular formula is C16H28N4. The molecule has 2 radical (unpaired) electrons. The fourth-order valence-corrected chi connectivity index (χ4v) is 2.08. The molecule has 0 atom stereocenters. The van der Waals surface area contributed by atoms with E-state index in [1.54, 1.807) is 0 Å². The van der Waals surface area contributed by atoms with E-state index in [1.807, 2.05) is 0 Å². The first-order valence-electron chi connectivity index (χ1n) is 7.31. The standard InChI is InChI=1S/C16H28N4/c1-15(2,3)19-11-9-17(13-19)7-8-18-10-12-20(14-18)16(4,5)6/h9-14H,7-8H2,1-6H3. The number of hydrogen-bond donors (Lipinski definition) is 0. The van der Waals surface area contributed by atoms with Gasteiger partial charge in [-0.3, -0.25) is 0 Å².